The SMILES string of the molecule is CC(C(=O)O)(c1ccc(C(F)(F)F)cc1)C1CCCC1. The molecule has 0 aromatic heterocycles. The van der Waals surface area contributed by atoms with Crippen LogP contribution in [0.1, 0.15) is 43.7 Å². The van der Waals surface area contributed by atoms with E-state index in [1.54, 1.807) is 6.92 Å². The van der Waals surface area contributed by atoms with Crippen molar-refractivity contribution in [1.82, 2.24) is 0 Å². The van der Waals surface area contributed by atoms with Gasteiger partial charge in [0.25, 0.3) is 0 Å². The van der Waals surface area contributed by atoms with Crippen LogP contribution in [0.25, 0.3) is 0 Å². The molecular weight excluding hydrogens is 269 g/mol. The smallest absolute Gasteiger partial charge is 0.416 e. The van der Waals surface area contributed by atoms with Crippen molar-refractivity contribution in [3.05, 3.63) is 35.4 Å². The van der Waals surface area contributed by atoms with E-state index < -0.39 is 23.1 Å². The minimum absolute atomic E-state index is 0.0169. The van der Waals surface area contributed by atoms with Crippen LogP contribution in [-0.4, -0.2) is 11.1 Å². The van der Waals surface area contributed by atoms with Crippen molar-refractivity contribution in [3.8, 4) is 0 Å². The molecule has 2 nitrogen and oxygen atoms in total. The lowest BCUT2D eigenvalue weighted by Gasteiger charge is -2.32. The molecule has 2 rings (SSSR count). The molecule has 110 valence electrons. The van der Waals surface area contributed by atoms with Crippen molar-refractivity contribution in [2.75, 3.05) is 0 Å². The van der Waals surface area contributed by atoms with Crippen molar-refractivity contribution in [2.24, 2.45) is 5.92 Å². The second-order valence-corrected chi connectivity index (χ2v) is 5.56. The largest absolute Gasteiger partial charge is 0.481 e. The lowest BCUT2D eigenvalue weighted by Crippen LogP contribution is -2.39. The van der Waals surface area contributed by atoms with Gasteiger partial charge in [0, 0.05) is 0 Å². The molecule has 0 radical (unpaired) electrons. The molecule has 1 aromatic carbocycles. The van der Waals surface area contributed by atoms with Gasteiger partial charge < -0.3 is 5.11 Å². The van der Waals surface area contributed by atoms with Crippen LogP contribution >= 0.6 is 0 Å². The highest BCUT2D eigenvalue weighted by atomic mass is 19.4. The highest BCUT2D eigenvalue weighted by Crippen LogP contribution is 2.43. The number of hydrogen-bond acceptors (Lipinski definition) is 1. The number of carbonyl (C=O) groups is 1. The van der Waals surface area contributed by atoms with Crippen molar-refractivity contribution < 1.29 is 23.1 Å². The zero-order valence-corrected chi connectivity index (χ0v) is 11.2. The quantitative estimate of drug-likeness (QED) is 0.902. The Morgan fingerprint density at radius 1 is 1.10 bits per heavy atom. The van der Waals surface area contributed by atoms with Gasteiger partial charge in [0.1, 0.15) is 0 Å². The molecule has 0 spiro atoms. The zero-order chi connectivity index (χ0) is 15.0. The van der Waals surface area contributed by atoms with E-state index in [4.69, 9.17) is 0 Å². The van der Waals surface area contributed by atoms with Gasteiger partial charge in [-0.25, -0.2) is 0 Å². The lowest BCUT2D eigenvalue weighted by molar-refractivity contribution is -0.145. The van der Waals surface area contributed by atoms with Crippen LogP contribution in [0, 0.1) is 5.92 Å². The Morgan fingerprint density at radius 3 is 1.95 bits per heavy atom. The van der Waals surface area contributed by atoms with E-state index in [1.807, 2.05) is 0 Å². The van der Waals surface area contributed by atoms with Gasteiger partial charge in [-0.3, -0.25) is 4.79 Å². The molecule has 1 fully saturated rings. The molecule has 20 heavy (non-hydrogen) atoms. The average molecular weight is 286 g/mol. The van der Waals surface area contributed by atoms with Crippen molar-refractivity contribution in [2.45, 2.75) is 44.2 Å². The molecular formula is C15H17F3O2. The summed E-state index contributed by atoms with van der Waals surface area (Å²) in [5.41, 5.74) is -1.41. The maximum absolute atomic E-state index is 12.6. The van der Waals surface area contributed by atoms with Crippen LogP contribution in [0.15, 0.2) is 24.3 Å². The molecule has 0 bridgehead atoms. The van der Waals surface area contributed by atoms with E-state index in [-0.39, 0.29) is 5.92 Å². The maximum atomic E-state index is 12.6. The van der Waals surface area contributed by atoms with Crippen LogP contribution in [0.5, 0.6) is 0 Å². The molecule has 0 heterocycles. The molecule has 1 atom stereocenters. The fourth-order valence-corrected chi connectivity index (χ4v) is 3.04. The third-order valence-electron chi connectivity index (χ3n) is 4.43. The minimum atomic E-state index is -4.40. The van der Waals surface area contributed by atoms with Gasteiger partial charge >= 0.3 is 12.1 Å². The highest BCUT2D eigenvalue weighted by molar-refractivity contribution is 5.81. The van der Waals surface area contributed by atoms with Gasteiger partial charge in [0.05, 0.1) is 11.0 Å². The molecule has 0 amide bonds. The van der Waals surface area contributed by atoms with Gasteiger partial charge in [-0.05, 0) is 43.4 Å². The Labute approximate surface area is 115 Å². The minimum Gasteiger partial charge on any atom is -0.481 e. The van der Waals surface area contributed by atoms with Gasteiger partial charge in [0.15, 0.2) is 0 Å². The first-order valence-electron chi connectivity index (χ1n) is 6.67. The summed E-state index contributed by atoms with van der Waals surface area (Å²) in [5, 5.41) is 9.55. The lowest BCUT2D eigenvalue weighted by atomic mass is 9.71. The van der Waals surface area contributed by atoms with E-state index in [9.17, 15) is 23.1 Å². The molecule has 0 aliphatic heterocycles. The second kappa shape index (κ2) is 5.11. The first kappa shape index (κ1) is 14.9. The molecule has 1 aromatic rings. The molecule has 1 saturated carbocycles. The van der Waals surface area contributed by atoms with Crippen LogP contribution in [-0.2, 0) is 16.4 Å². The summed E-state index contributed by atoms with van der Waals surface area (Å²) in [6.45, 7) is 1.62. The number of halogens is 3. The fourth-order valence-electron chi connectivity index (χ4n) is 3.04. The summed E-state index contributed by atoms with van der Waals surface area (Å²) in [4.78, 5) is 11.7. The number of carboxylic acids is 1. The standard InChI is InChI=1S/C15H17F3O2/c1-14(13(19)20,10-4-2-3-5-10)11-6-8-12(9-7-11)15(16,17)18/h6-10H,2-5H2,1H3,(H,19,20). The Kier molecular flexibility index (Phi) is 3.80. The topological polar surface area (TPSA) is 37.3 Å². The summed E-state index contributed by atoms with van der Waals surface area (Å²) < 4.78 is 37.7. The molecule has 1 N–H and O–H groups in total. The second-order valence-electron chi connectivity index (χ2n) is 5.56. The Balaban J connectivity index is 2.37. The molecule has 1 aliphatic rings. The van der Waals surface area contributed by atoms with Crippen LogP contribution in [0.2, 0.25) is 0 Å². The molecule has 1 unspecified atom stereocenters. The summed E-state index contributed by atoms with van der Waals surface area (Å²) in [5.74, 6) is -0.985. The van der Waals surface area contributed by atoms with Crippen molar-refractivity contribution >= 4 is 5.97 Å². The summed E-state index contributed by atoms with van der Waals surface area (Å²) in [6, 6.07) is 4.53. The number of aliphatic carboxylic acids is 1. The van der Waals surface area contributed by atoms with Crippen LogP contribution in [0.3, 0.4) is 0 Å². The van der Waals surface area contributed by atoms with E-state index >= 15 is 0 Å². The maximum Gasteiger partial charge on any atom is 0.416 e. The van der Waals surface area contributed by atoms with E-state index in [0.717, 1.165) is 37.8 Å². The Morgan fingerprint density at radius 2 is 1.55 bits per heavy atom. The predicted octanol–water partition coefficient (Wildman–Crippen LogP) is 4.24. The normalized spacial score (nSPS) is 19.8. The molecule has 1 aliphatic carbocycles. The number of alkyl halides is 3. The van der Waals surface area contributed by atoms with E-state index in [2.05, 4.69) is 0 Å². The zero-order valence-electron chi connectivity index (χ0n) is 11.2. The van der Waals surface area contributed by atoms with Crippen LogP contribution in [0.4, 0.5) is 13.2 Å². The number of carboxylic acid groups (broad SMARTS) is 1. The van der Waals surface area contributed by atoms with Crippen molar-refractivity contribution in [3.63, 3.8) is 0 Å². The van der Waals surface area contributed by atoms with E-state index in [1.165, 1.54) is 12.1 Å². The van der Waals surface area contributed by atoms with Crippen molar-refractivity contribution in [1.29, 1.82) is 0 Å². The van der Waals surface area contributed by atoms with Gasteiger partial charge in [0.2, 0.25) is 0 Å². The summed E-state index contributed by atoms with van der Waals surface area (Å²) in [6.07, 6.45) is -0.818. The Bertz CT molecular complexity index is 487. The van der Waals surface area contributed by atoms with Gasteiger partial charge in [-0.1, -0.05) is 25.0 Å². The summed E-state index contributed by atoms with van der Waals surface area (Å²) >= 11 is 0. The third kappa shape index (κ3) is 2.53. The molecule has 5 heteroatoms. The highest BCUT2D eigenvalue weighted by Gasteiger charge is 2.44. The first-order chi connectivity index (χ1) is 9.26. The monoisotopic (exact) mass is 286 g/mol. The Hall–Kier alpha value is -1.52. The fraction of sp³-hybridized carbons (Fsp3) is 0.533. The third-order valence-corrected chi connectivity index (χ3v) is 4.43. The summed E-state index contributed by atoms with van der Waals surface area (Å²) in [7, 11) is 0. The average Bonchev–Trinajstić information content (AvgIpc) is 2.91. The van der Waals surface area contributed by atoms with Gasteiger partial charge in [-0.2, -0.15) is 13.2 Å². The first-order valence-corrected chi connectivity index (χ1v) is 6.67. The molecule has 0 saturated heterocycles. The number of rotatable bonds is 3. The predicted molar refractivity (Wildman–Crippen MR) is 68.4 cm³/mol. The van der Waals surface area contributed by atoms with E-state index in [0.29, 0.717) is 5.56 Å². The number of hydrogen-bond donors (Lipinski definition) is 1. The van der Waals surface area contributed by atoms with Crippen LogP contribution < -0.4 is 0 Å². The van der Waals surface area contributed by atoms with Gasteiger partial charge in [-0.15, -0.1) is 0 Å². The number of benzene rings is 1.